The molecule has 2 heterocycles. The van der Waals surface area contributed by atoms with Crippen LogP contribution in [0.2, 0.25) is 0 Å². The second kappa shape index (κ2) is 4.61. The maximum Gasteiger partial charge on any atom is 0.257 e. The number of hydrogen-bond donors (Lipinski definition) is 0. The first-order valence-corrected chi connectivity index (χ1v) is 4.94. The number of nitrogens with zero attached hydrogens (tertiary/aromatic N) is 2. The molecule has 0 saturated heterocycles. The van der Waals surface area contributed by atoms with Crippen LogP contribution >= 0.6 is 0 Å². The lowest BCUT2D eigenvalue weighted by Gasteiger charge is -2.15. The van der Waals surface area contributed by atoms with E-state index in [1.54, 1.807) is 30.4 Å². The zero-order valence-electron chi connectivity index (χ0n) is 8.96. The van der Waals surface area contributed by atoms with Crippen molar-refractivity contribution >= 4 is 5.91 Å². The quantitative estimate of drug-likeness (QED) is 0.787. The third-order valence-corrected chi connectivity index (χ3v) is 2.26. The van der Waals surface area contributed by atoms with Crippen molar-refractivity contribution < 1.29 is 9.21 Å². The molecule has 1 amide bonds. The summed E-state index contributed by atoms with van der Waals surface area (Å²) in [6.07, 6.45) is 6.40. The number of amides is 1. The molecule has 0 radical (unpaired) electrons. The molecule has 16 heavy (non-hydrogen) atoms. The Labute approximate surface area is 93.5 Å². The Balaban J connectivity index is 2.04. The highest BCUT2D eigenvalue weighted by Crippen LogP contribution is 2.07. The van der Waals surface area contributed by atoms with Crippen molar-refractivity contribution in [3.8, 4) is 0 Å². The van der Waals surface area contributed by atoms with Gasteiger partial charge in [0.2, 0.25) is 0 Å². The van der Waals surface area contributed by atoms with E-state index in [-0.39, 0.29) is 5.91 Å². The van der Waals surface area contributed by atoms with Crippen LogP contribution in [0.4, 0.5) is 0 Å². The molecule has 82 valence electrons. The van der Waals surface area contributed by atoms with Gasteiger partial charge >= 0.3 is 0 Å². The van der Waals surface area contributed by atoms with Crippen LogP contribution in [0.25, 0.3) is 0 Å². The molecule has 0 saturated carbocycles. The predicted molar refractivity (Wildman–Crippen MR) is 58.7 cm³/mol. The molecule has 0 aromatic carbocycles. The van der Waals surface area contributed by atoms with Gasteiger partial charge in [-0.05, 0) is 17.7 Å². The smallest absolute Gasteiger partial charge is 0.257 e. The fourth-order valence-corrected chi connectivity index (χ4v) is 1.44. The minimum atomic E-state index is -0.0578. The molecule has 0 bridgehead atoms. The van der Waals surface area contributed by atoms with Gasteiger partial charge in [-0.3, -0.25) is 9.78 Å². The standard InChI is InChI=1S/C12H12N2O2/c1-14(8-10-3-2-5-13-7-10)12(15)11-4-6-16-9-11/h2-7,9H,8H2,1H3. The minimum absolute atomic E-state index is 0.0578. The molecule has 4 nitrogen and oxygen atoms in total. The summed E-state index contributed by atoms with van der Waals surface area (Å²) in [5.74, 6) is -0.0578. The Morgan fingerprint density at radius 1 is 1.50 bits per heavy atom. The maximum absolute atomic E-state index is 11.9. The predicted octanol–water partition coefficient (Wildman–Crippen LogP) is 1.95. The third kappa shape index (κ3) is 2.28. The Morgan fingerprint density at radius 3 is 3.00 bits per heavy atom. The molecule has 2 aromatic heterocycles. The minimum Gasteiger partial charge on any atom is -0.472 e. The van der Waals surface area contributed by atoms with E-state index in [9.17, 15) is 4.79 Å². The van der Waals surface area contributed by atoms with Gasteiger partial charge in [-0.15, -0.1) is 0 Å². The summed E-state index contributed by atoms with van der Waals surface area (Å²) in [5.41, 5.74) is 1.56. The van der Waals surface area contributed by atoms with Crippen LogP contribution in [0.1, 0.15) is 15.9 Å². The second-order valence-electron chi connectivity index (χ2n) is 3.53. The molecule has 0 aliphatic heterocycles. The average molecular weight is 216 g/mol. The summed E-state index contributed by atoms with van der Waals surface area (Å²) >= 11 is 0. The van der Waals surface area contributed by atoms with Crippen molar-refractivity contribution in [1.82, 2.24) is 9.88 Å². The SMILES string of the molecule is CN(Cc1cccnc1)C(=O)c1ccoc1. The van der Waals surface area contributed by atoms with Crippen molar-refractivity contribution in [2.45, 2.75) is 6.54 Å². The summed E-state index contributed by atoms with van der Waals surface area (Å²) in [6, 6.07) is 5.44. The van der Waals surface area contributed by atoms with Gasteiger partial charge in [0.05, 0.1) is 11.8 Å². The van der Waals surface area contributed by atoms with Gasteiger partial charge < -0.3 is 9.32 Å². The lowest BCUT2D eigenvalue weighted by Crippen LogP contribution is -2.25. The van der Waals surface area contributed by atoms with Gasteiger partial charge in [-0.25, -0.2) is 0 Å². The van der Waals surface area contributed by atoms with Gasteiger partial charge in [0.1, 0.15) is 6.26 Å². The fourth-order valence-electron chi connectivity index (χ4n) is 1.44. The Bertz CT molecular complexity index is 451. The van der Waals surface area contributed by atoms with Crippen molar-refractivity contribution in [2.24, 2.45) is 0 Å². The molecular formula is C12H12N2O2. The molecular weight excluding hydrogens is 204 g/mol. The molecule has 0 atom stereocenters. The van der Waals surface area contributed by atoms with Crippen LogP contribution in [-0.2, 0) is 6.54 Å². The second-order valence-corrected chi connectivity index (χ2v) is 3.53. The third-order valence-electron chi connectivity index (χ3n) is 2.26. The Morgan fingerprint density at radius 2 is 2.38 bits per heavy atom. The normalized spacial score (nSPS) is 10.1. The highest BCUT2D eigenvalue weighted by atomic mass is 16.3. The summed E-state index contributed by atoms with van der Waals surface area (Å²) in [7, 11) is 1.75. The number of furan rings is 1. The van der Waals surface area contributed by atoms with E-state index < -0.39 is 0 Å². The molecule has 0 aliphatic carbocycles. The number of carbonyl (C=O) groups excluding carboxylic acids is 1. The van der Waals surface area contributed by atoms with E-state index in [0.29, 0.717) is 12.1 Å². The van der Waals surface area contributed by atoms with E-state index in [1.807, 2.05) is 12.1 Å². The van der Waals surface area contributed by atoms with E-state index >= 15 is 0 Å². The number of carbonyl (C=O) groups is 1. The number of rotatable bonds is 3. The van der Waals surface area contributed by atoms with Crippen LogP contribution in [0.15, 0.2) is 47.5 Å². The number of pyridine rings is 1. The van der Waals surface area contributed by atoms with Crippen LogP contribution in [0, 0.1) is 0 Å². The Kier molecular flexibility index (Phi) is 3.00. The van der Waals surface area contributed by atoms with Crippen molar-refractivity contribution in [1.29, 1.82) is 0 Å². The largest absolute Gasteiger partial charge is 0.472 e. The van der Waals surface area contributed by atoms with E-state index in [4.69, 9.17) is 4.42 Å². The van der Waals surface area contributed by atoms with Crippen molar-refractivity contribution in [2.75, 3.05) is 7.05 Å². The van der Waals surface area contributed by atoms with Gasteiger partial charge in [0.15, 0.2) is 0 Å². The molecule has 0 N–H and O–H groups in total. The first-order valence-electron chi connectivity index (χ1n) is 4.94. The lowest BCUT2D eigenvalue weighted by molar-refractivity contribution is 0.0784. The summed E-state index contributed by atoms with van der Waals surface area (Å²) < 4.78 is 4.88. The number of aromatic nitrogens is 1. The molecule has 0 fully saturated rings. The molecule has 2 rings (SSSR count). The van der Waals surface area contributed by atoms with Crippen LogP contribution < -0.4 is 0 Å². The topological polar surface area (TPSA) is 46.3 Å². The van der Waals surface area contributed by atoms with Gasteiger partial charge in [0.25, 0.3) is 5.91 Å². The molecule has 4 heteroatoms. The summed E-state index contributed by atoms with van der Waals surface area (Å²) in [4.78, 5) is 17.5. The van der Waals surface area contributed by atoms with Crippen molar-refractivity contribution in [3.63, 3.8) is 0 Å². The van der Waals surface area contributed by atoms with Gasteiger partial charge in [-0.1, -0.05) is 6.07 Å². The molecule has 2 aromatic rings. The van der Waals surface area contributed by atoms with Crippen LogP contribution in [0.5, 0.6) is 0 Å². The molecule has 0 unspecified atom stereocenters. The summed E-state index contributed by atoms with van der Waals surface area (Å²) in [5, 5.41) is 0. The first kappa shape index (κ1) is 10.4. The van der Waals surface area contributed by atoms with Gasteiger partial charge in [0, 0.05) is 26.0 Å². The van der Waals surface area contributed by atoms with Crippen LogP contribution in [0.3, 0.4) is 0 Å². The van der Waals surface area contributed by atoms with Crippen LogP contribution in [-0.4, -0.2) is 22.8 Å². The van der Waals surface area contributed by atoms with Crippen molar-refractivity contribution in [3.05, 3.63) is 54.2 Å². The molecule has 0 aliphatic rings. The fraction of sp³-hybridized carbons (Fsp3) is 0.167. The van der Waals surface area contributed by atoms with E-state index in [2.05, 4.69) is 4.98 Å². The van der Waals surface area contributed by atoms with Gasteiger partial charge in [-0.2, -0.15) is 0 Å². The average Bonchev–Trinajstić information content (AvgIpc) is 2.83. The first-order chi connectivity index (χ1) is 7.77. The highest BCUT2D eigenvalue weighted by Gasteiger charge is 2.12. The Hall–Kier alpha value is -2.10. The van der Waals surface area contributed by atoms with E-state index in [0.717, 1.165) is 5.56 Å². The zero-order valence-corrected chi connectivity index (χ0v) is 8.96. The zero-order chi connectivity index (χ0) is 11.4. The highest BCUT2D eigenvalue weighted by molar-refractivity contribution is 5.93. The molecule has 0 spiro atoms. The summed E-state index contributed by atoms with van der Waals surface area (Å²) in [6.45, 7) is 0.540. The number of hydrogen-bond acceptors (Lipinski definition) is 3. The maximum atomic E-state index is 11.9. The van der Waals surface area contributed by atoms with E-state index in [1.165, 1.54) is 12.5 Å². The monoisotopic (exact) mass is 216 g/mol. The lowest BCUT2D eigenvalue weighted by atomic mass is 10.2.